The van der Waals surface area contributed by atoms with Crippen LogP contribution in [0.3, 0.4) is 0 Å². The summed E-state index contributed by atoms with van der Waals surface area (Å²) in [6.45, 7) is 7.00. The van der Waals surface area contributed by atoms with Crippen molar-refractivity contribution in [1.29, 1.82) is 0 Å². The molecule has 0 saturated carbocycles. The molecule has 0 aliphatic carbocycles. The second-order valence-corrected chi connectivity index (χ2v) is 7.59. The Morgan fingerprint density at radius 3 is 2.79 bits per heavy atom. The van der Waals surface area contributed by atoms with Gasteiger partial charge in [0.2, 0.25) is 5.91 Å². The second kappa shape index (κ2) is 9.20. The van der Waals surface area contributed by atoms with Crippen LogP contribution < -0.4 is 5.32 Å². The SMILES string of the molecule is Cc1ccn2c(C(CC(=O)NCCN3CCOCC3)c3ccccc3)cnc2c1. The fourth-order valence-corrected chi connectivity index (χ4v) is 3.87. The van der Waals surface area contributed by atoms with Crippen molar-refractivity contribution in [3.8, 4) is 0 Å². The molecule has 1 unspecified atom stereocenters. The lowest BCUT2D eigenvalue weighted by Crippen LogP contribution is -2.41. The van der Waals surface area contributed by atoms with E-state index in [0.717, 1.165) is 49.8 Å². The molecule has 0 spiro atoms. The van der Waals surface area contributed by atoms with Gasteiger partial charge in [-0.2, -0.15) is 0 Å². The lowest BCUT2D eigenvalue weighted by Gasteiger charge is -2.26. The fourth-order valence-electron chi connectivity index (χ4n) is 3.87. The van der Waals surface area contributed by atoms with E-state index in [-0.39, 0.29) is 11.8 Å². The van der Waals surface area contributed by atoms with Gasteiger partial charge in [-0.15, -0.1) is 0 Å². The van der Waals surface area contributed by atoms with Crippen molar-refractivity contribution >= 4 is 11.6 Å². The van der Waals surface area contributed by atoms with E-state index in [1.807, 2.05) is 30.6 Å². The predicted octanol–water partition coefficient (Wildman–Crippen LogP) is 2.61. The monoisotopic (exact) mass is 392 g/mol. The Bertz CT molecular complexity index is 948. The molecular weight excluding hydrogens is 364 g/mol. The van der Waals surface area contributed by atoms with Crippen molar-refractivity contribution in [3.05, 3.63) is 71.7 Å². The Morgan fingerprint density at radius 1 is 1.21 bits per heavy atom. The Morgan fingerprint density at radius 2 is 2.00 bits per heavy atom. The van der Waals surface area contributed by atoms with Crippen LogP contribution in [0.1, 0.15) is 29.2 Å². The molecule has 6 heteroatoms. The van der Waals surface area contributed by atoms with Gasteiger partial charge in [0.1, 0.15) is 5.65 Å². The van der Waals surface area contributed by atoms with Crippen LogP contribution >= 0.6 is 0 Å². The highest BCUT2D eigenvalue weighted by Crippen LogP contribution is 2.28. The van der Waals surface area contributed by atoms with Gasteiger partial charge in [0, 0.05) is 50.9 Å². The number of carbonyl (C=O) groups excluding carboxylic acids is 1. The molecule has 2 aromatic heterocycles. The maximum Gasteiger partial charge on any atom is 0.221 e. The van der Waals surface area contributed by atoms with Crippen LogP contribution in [-0.4, -0.2) is 59.6 Å². The van der Waals surface area contributed by atoms with Crippen molar-refractivity contribution in [2.75, 3.05) is 39.4 Å². The number of aryl methyl sites for hydroxylation is 1. The van der Waals surface area contributed by atoms with Crippen LogP contribution in [0, 0.1) is 6.92 Å². The number of nitrogens with zero attached hydrogens (tertiary/aromatic N) is 3. The first-order chi connectivity index (χ1) is 14.2. The molecule has 1 aliphatic rings. The third-order valence-electron chi connectivity index (χ3n) is 5.50. The average molecular weight is 393 g/mol. The van der Waals surface area contributed by atoms with Crippen LogP contribution in [0.5, 0.6) is 0 Å². The van der Waals surface area contributed by atoms with E-state index in [1.54, 1.807) is 0 Å². The minimum atomic E-state index is -0.0442. The molecule has 1 aromatic carbocycles. The molecule has 1 amide bonds. The molecule has 3 aromatic rings. The van der Waals surface area contributed by atoms with E-state index in [0.29, 0.717) is 13.0 Å². The number of benzene rings is 1. The lowest BCUT2D eigenvalue weighted by molar-refractivity contribution is -0.121. The van der Waals surface area contributed by atoms with Gasteiger partial charge >= 0.3 is 0 Å². The van der Waals surface area contributed by atoms with Crippen LogP contribution in [0.2, 0.25) is 0 Å². The van der Waals surface area contributed by atoms with Gasteiger partial charge in [-0.1, -0.05) is 30.3 Å². The van der Waals surface area contributed by atoms with Gasteiger partial charge in [0.05, 0.1) is 18.9 Å². The number of fused-ring (bicyclic) bond motifs is 1. The van der Waals surface area contributed by atoms with Crippen LogP contribution in [-0.2, 0) is 9.53 Å². The maximum atomic E-state index is 12.8. The second-order valence-electron chi connectivity index (χ2n) is 7.59. The van der Waals surface area contributed by atoms with Crippen molar-refractivity contribution in [2.45, 2.75) is 19.3 Å². The molecule has 3 heterocycles. The minimum absolute atomic E-state index is 0.0442. The van der Waals surface area contributed by atoms with Crippen LogP contribution in [0.15, 0.2) is 54.9 Å². The highest BCUT2D eigenvalue weighted by molar-refractivity contribution is 5.77. The number of ether oxygens (including phenoxy) is 1. The lowest BCUT2D eigenvalue weighted by atomic mass is 9.92. The van der Waals surface area contributed by atoms with E-state index in [1.165, 1.54) is 5.56 Å². The molecule has 1 atom stereocenters. The molecule has 0 bridgehead atoms. The average Bonchev–Trinajstić information content (AvgIpc) is 3.16. The third-order valence-corrected chi connectivity index (χ3v) is 5.50. The highest BCUT2D eigenvalue weighted by atomic mass is 16.5. The summed E-state index contributed by atoms with van der Waals surface area (Å²) in [5.74, 6) is 0.0199. The van der Waals surface area contributed by atoms with E-state index >= 15 is 0 Å². The number of aromatic nitrogens is 2. The zero-order valence-electron chi connectivity index (χ0n) is 16.9. The van der Waals surface area contributed by atoms with Gasteiger partial charge in [0.25, 0.3) is 0 Å². The summed E-state index contributed by atoms with van der Waals surface area (Å²) in [6, 6.07) is 14.3. The number of rotatable bonds is 7. The van der Waals surface area contributed by atoms with Gasteiger partial charge in [-0.3, -0.25) is 9.69 Å². The first-order valence-electron chi connectivity index (χ1n) is 10.3. The van der Waals surface area contributed by atoms with E-state index in [2.05, 4.69) is 50.8 Å². The number of pyridine rings is 1. The molecule has 1 aliphatic heterocycles. The summed E-state index contributed by atoms with van der Waals surface area (Å²) < 4.78 is 7.46. The quantitative estimate of drug-likeness (QED) is 0.672. The molecular formula is C23H28N4O2. The first-order valence-corrected chi connectivity index (χ1v) is 10.3. The normalized spacial score (nSPS) is 16.0. The van der Waals surface area contributed by atoms with Gasteiger partial charge in [-0.25, -0.2) is 4.98 Å². The summed E-state index contributed by atoms with van der Waals surface area (Å²) in [5, 5.41) is 3.10. The van der Waals surface area contributed by atoms with Crippen LogP contribution in [0.4, 0.5) is 0 Å². The topological polar surface area (TPSA) is 58.9 Å². The zero-order chi connectivity index (χ0) is 20.1. The van der Waals surface area contributed by atoms with Gasteiger partial charge < -0.3 is 14.5 Å². The molecule has 1 fully saturated rings. The van der Waals surface area contributed by atoms with Crippen LogP contribution in [0.25, 0.3) is 5.65 Å². The fraction of sp³-hybridized carbons (Fsp3) is 0.391. The summed E-state index contributed by atoms with van der Waals surface area (Å²) in [5.41, 5.74) is 4.24. The molecule has 152 valence electrons. The number of morpholine rings is 1. The predicted molar refractivity (Wildman–Crippen MR) is 113 cm³/mol. The molecule has 1 N–H and O–H groups in total. The Hall–Kier alpha value is -2.70. The Balaban J connectivity index is 1.48. The minimum Gasteiger partial charge on any atom is -0.379 e. The summed E-state index contributed by atoms with van der Waals surface area (Å²) in [4.78, 5) is 19.7. The van der Waals surface area contributed by atoms with E-state index < -0.39 is 0 Å². The first kappa shape index (κ1) is 19.6. The summed E-state index contributed by atoms with van der Waals surface area (Å²) in [6.07, 6.45) is 4.33. The van der Waals surface area contributed by atoms with E-state index in [9.17, 15) is 4.79 Å². The zero-order valence-corrected chi connectivity index (χ0v) is 16.9. The van der Waals surface area contributed by atoms with Crippen molar-refractivity contribution in [2.24, 2.45) is 0 Å². The highest BCUT2D eigenvalue weighted by Gasteiger charge is 2.22. The Labute approximate surface area is 171 Å². The Kier molecular flexibility index (Phi) is 6.22. The number of imidazole rings is 1. The maximum absolute atomic E-state index is 12.8. The number of hydrogen-bond donors (Lipinski definition) is 1. The third kappa shape index (κ3) is 4.83. The molecule has 0 radical (unpaired) electrons. The van der Waals surface area contributed by atoms with Crippen molar-refractivity contribution < 1.29 is 9.53 Å². The molecule has 6 nitrogen and oxygen atoms in total. The molecule has 4 rings (SSSR count). The van der Waals surface area contributed by atoms with Gasteiger partial charge in [0.15, 0.2) is 0 Å². The van der Waals surface area contributed by atoms with E-state index in [4.69, 9.17) is 4.74 Å². The van der Waals surface area contributed by atoms with Crippen molar-refractivity contribution in [1.82, 2.24) is 19.6 Å². The number of amides is 1. The number of nitrogens with one attached hydrogen (secondary N) is 1. The molecule has 29 heavy (non-hydrogen) atoms. The number of carbonyl (C=O) groups is 1. The smallest absolute Gasteiger partial charge is 0.221 e. The number of hydrogen-bond acceptors (Lipinski definition) is 4. The van der Waals surface area contributed by atoms with Gasteiger partial charge in [-0.05, 0) is 30.2 Å². The summed E-state index contributed by atoms with van der Waals surface area (Å²) in [7, 11) is 0. The standard InChI is InChI=1S/C23H28N4O2/c1-18-7-9-27-21(17-25-22(27)15-18)20(19-5-3-2-4-6-19)16-23(28)24-8-10-26-11-13-29-14-12-26/h2-7,9,15,17,20H,8,10-14,16H2,1H3,(H,24,28). The largest absolute Gasteiger partial charge is 0.379 e. The molecule has 1 saturated heterocycles. The summed E-state index contributed by atoms with van der Waals surface area (Å²) >= 11 is 0. The van der Waals surface area contributed by atoms with Crippen molar-refractivity contribution in [3.63, 3.8) is 0 Å².